The number of hydrogen-bond acceptors (Lipinski definition) is 5. The van der Waals surface area contributed by atoms with E-state index in [0.29, 0.717) is 19.5 Å². The summed E-state index contributed by atoms with van der Waals surface area (Å²) in [5.41, 5.74) is 4.68. The quantitative estimate of drug-likeness (QED) is 0.474. The predicted molar refractivity (Wildman–Crippen MR) is 134 cm³/mol. The van der Waals surface area contributed by atoms with Crippen molar-refractivity contribution in [1.29, 1.82) is 0 Å². The zero-order chi connectivity index (χ0) is 23.0. The molecule has 0 atom stereocenters. The number of methoxy groups -OCH3 is 2. The van der Waals surface area contributed by atoms with Crippen molar-refractivity contribution < 1.29 is 14.3 Å². The van der Waals surface area contributed by atoms with E-state index in [1.54, 1.807) is 26.0 Å². The van der Waals surface area contributed by atoms with Crippen molar-refractivity contribution in [2.24, 2.45) is 0 Å². The first-order chi connectivity index (χ1) is 16.2. The van der Waals surface area contributed by atoms with Crippen molar-refractivity contribution in [1.82, 2.24) is 5.32 Å². The van der Waals surface area contributed by atoms with E-state index >= 15 is 0 Å². The molecule has 33 heavy (non-hydrogen) atoms. The molecule has 0 saturated heterocycles. The zero-order valence-electron chi connectivity index (χ0n) is 19.2. The smallest absolute Gasteiger partial charge is 0.228 e. The molecule has 1 heterocycles. The Morgan fingerprint density at radius 2 is 1.70 bits per heavy atom. The van der Waals surface area contributed by atoms with E-state index in [1.165, 1.54) is 11.1 Å². The minimum atomic E-state index is 0.137. The summed E-state index contributed by atoms with van der Waals surface area (Å²) in [4.78, 5) is 16.4. The van der Waals surface area contributed by atoms with Gasteiger partial charge in [0.1, 0.15) is 0 Å². The number of para-hydroxylation sites is 1. The Kier molecular flexibility index (Phi) is 7.92. The summed E-state index contributed by atoms with van der Waals surface area (Å²) in [5, 5.41) is 3.42. The number of carbonyl (C=O) groups is 1. The number of anilines is 1. The van der Waals surface area contributed by atoms with Gasteiger partial charge < -0.3 is 19.7 Å². The lowest BCUT2D eigenvalue weighted by Crippen LogP contribution is -2.34. The average molecular weight is 463 g/mol. The molecule has 3 aromatic carbocycles. The molecule has 1 amide bonds. The second-order valence-electron chi connectivity index (χ2n) is 7.94. The number of amides is 1. The van der Waals surface area contributed by atoms with Crippen LogP contribution in [0.3, 0.4) is 0 Å². The summed E-state index contributed by atoms with van der Waals surface area (Å²) in [5.74, 6) is 2.53. The monoisotopic (exact) mass is 462 g/mol. The lowest BCUT2D eigenvalue weighted by atomic mass is 10.1. The van der Waals surface area contributed by atoms with Gasteiger partial charge in [0.2, 0.25) is 5.91 Å². The number of benzene rings is 3. The van der Waals surface area contributed by atoms with Crippen molar-refractivity contribution >= 4 is 23.4 Å². The maximum Gasteiger partial charge on any atom is 0.228 e. The predicted octanol–water partition coefficient (Wildman–Crippen LogP) is 5.07. The van der Waals surface area contributed by atoms with Gasteiger partial charge in [0.05, 0.1) is 26.5 Å². The molecular weight excluding hydrogens is 432 g/mol. The summed E-state index contributed by atoms with van der Waals surface area (Å²) < 4.78 is 10.7. The minimum absolute atomic E-state index is 0.137. The molecule has 0 aliphatic carbocycles. The first kappa shape index (κ1) is 23.2. The van der Waals surface area contributed by atoms with Gasteiger partial charge >= 0.3 is 0 Å². The number of thioether (sulfide) groups is 1. The summed E-state index contributed by atoms with van der Waals surface area (Å²) >= 11 is 1.79. The fraction of sp³-hybridized carbons (Fsp3) is 0.296. The second-order valence-corrected chi connectivity index (χ2v) is 8.96. The highest BCUT2D eigenvalue weighted by atomic mass is 32.2. The highest BCUT2D eigenvalue weighted by Gasteiger charge is 2.22. The third-order valence-corrected chi connectivity index (χ3v) is 6.95. The third-order valence-electron chi connectivity index (χ3n) is 5.84. The summed E-state index contributed by atoms with van der Waals surface area (Å²) in [6, 6.07) is 22.6. The Bertz CT molecular complexity index is 1100. The Balaban J connectivity index is 1.35. The number of fused-ring (bicyclic) bond motifs is 2. The van der Waals surface area contributed by atoms with Crippen LogP contribution in [0, 0.1) is 0 Å². The standard InChI is InChI=1S/C27H30N2O3S/c1-31-24-12-11-20(17-25(24)32-2)13-15-28-16-14-27(30)29-18-21-7-3-4-8-22(21)19-33-26-10-6-5-9-23(26)29/h3-12,17,28H,13-16,18-19H2,1-2H3. The first-order valence-electron chi connectivity index (χ1n) is 11.2. The molecule has 172 valence electrons. The maximum atomic E-state index is 13.3. The van der Waals surface area contributed by atoms with Gasteiger partial charge in [0.25, 0.3) is 0 Å². The topological polar surface area (TPSA) is 50.8 Å². The van der Waals surface area contributed by atoms with Gasteiger partial charge in [0, 0.05) is 23.6 Å². The molecule has 4 rings (SSSR count). The molecule has 0 aromatic heterocycles. The number of carbonyl (C=O) groups excluding carboxylic acids is 1. The highest BCUT2D eigenvalue weighted by Crippen LogP contribution is 2.36. The Labute approximate surface area is 200 Å². The lowest BCUT2D eigenvalue weighted by Gasteiger charge is -2.28. The van der Waals surface area contributed by atoms with Gasteiger partial charge in [-0.3, -0.25) is 4.79 Å². The summed E-state index contributed by atoms with van der Waals surface area (Å²) in [7, 11) is 3.28. The fourth-order valence-corrected chi connectivity index (χ4v) is 5.11. The number of hydrogen-bond donors (Lipinski definition) is 1. The molecule has 6 heteroatoms. The van der Waals surface area contributed by atoms with Crippen LogP contribution < -0.4 is 19.7 Å². The van der Waals surface area contributed by atoms with Gasteiger partial charge in [-0.05, 0) is 53.9 Å². The second kappa shape index (κ2) is 11.3. The largest absolute Gasteiger partial charge is 0.493 e. The SMILES string of the molecule is COc1ccc(CCNCCC(=O)N2Cc3ccccc3CSc3ccccc32)cc1OC. The van der Waals surface area contributed by atoms with Crippen LogP contribution in [0.4, 0.5) is 5.69 Å². The molecular formula is C27H30N2O3S. The van der Waals surface area contributed by atoms with Crippen LogP contribution in [0.25, 0.3) is 0 Å². The highest BCUT2D eigenvalue weighted by molar-refractivity contribution is 7.98. The third kappa shape index (κ3) is 5.70. The minimum Gasteiger partial charge on any atom is -0.493 e. The van der Waals surface area contributed by atoms with Crippen LogP contribution in [-0.2, 0) is 23.5 Å². The molecule has 3 aromatic rings. The Morgan fingerprint density at radius 3 is 2.52 bits per heavy atom. The summed E-state index contributed by atoms with van der Waals surface area (Å²) in [6.45, 7) is 2.04. The van der Waals surface area contributed by atoms with Crippen LogP contribution in [0.2, 0.25) is 0 Å². The number of rotatable bonds is 8. The van der Waals surface area contributed by atoms with Crippen molar-refractivity contribution in [3.63, 3.8) is 0 Å². The molecule has 0 radical (unpaired) electrons. The van der Waals surface area contributed by atoms with Gasteiger partial charge in [-0.15, -0.1) is 11.8 Å². The molecule has 0 bridgehead atoms. The molecule has 1 aliphatic heterocycles. The van der Waals surface area contributed by atoms with Crippen LogP contribution >= 0.6 is 11.8 Å². The van der Waals surface area contributed by atoms with E-state index in [2.05, 4.69) is 41.7 Å². The van der Waals surface area contributed by atoms with Crippen molar-refractivity contribution in [2.75, 3.05) is 32.2 Å². The Hall–Kier alpha value is -2.96. The van der Waals surface area contributed by atoms with Crippen molar-refractivity contribution in [3.05, 3.63) is 83.4 Å². The molecule has 1 N–H and O–H groups in total. The van der Waals surface area contributed by atoms with Crippen molar-refractivity contribution in [2.45, 2.75) is 30.0 Å². The van der Waals surface area contributed by atoms with Gasteiger partial charge in [0.15, 0.2) is 11.5 Å². The zero-order valence-corrected chi connectivity index (χ0v) is 20.0. The molecule has 0 spiro atoms. The van der Waals surface area contributed by atoms with E-state index in [9.17, 15) is 4.79 Å². The van der Waals surface area contributed by atoms with Crippen LogP contribution in [0.5, 0.6) is 11.5 Å². The lowest BCUT2D eigenvalue weighted by molar-refractivity contribution is -0.118. The van der Waals surface area contributed by atoms with Crippen LogP contribution in [0.15, 0.2) is 71.6 Å². The molecule has 0 fully saturated rings. The van der Waals surface area contributed by atoms with E-state index in [-0.39, 0.29) is 5.91 Å². The maximum absolute atomic E-state index is 13.3. The van der Waals surface area contributed by atoms with E-state index in [0.717, 1.165) is 46.4 Å². The normalized spacial score (nSPS) is 12.8. The van der Waals surface area contributed by atoms with E-state index < -0.39 is 0 Å². The van der Waals surface area contributed by atoms with E-state index in [4.69, 9.17) is 9.47 Å². The number of nitrogens with one attached hydrogen (secondary N) is 1. The molecule has 0 saturated carbocycles. The van der Waals surface area contributed by atoms with Gasteiger partial charge in [-0.1, -0.05) is 42.5 Å². The van der Waals surface area contributed by atoms with Crippen LogP contribution in [0.1, 0.15) is 23.1 Å². The Morgan fingerprint density at radius 1 is 0.939 bits per heavy atom. The van der Waals surface area contributed by atoms with Crippen molar-refractivity contribution in [3.8, 4) is 11.5 Å². The average Bonchev–Trinajstić information content (AvgIpc) is 2.85. The summed E-state index contributed by atoms with van der Waals surface area (Å²) in [6.07, 6.45) is 1.30. The molecule has 5 nitrogen and oxygen atoms in total. The first-order valence-corrected chi connectivity index (χ1v) is 12.2. The van der Waals surface area contributed by atoms with E-state index in [1.807, 2.05) is 35.2 Å². The number of ether oxygens (including phenoxy) is 2. The molecule has 0 unspecified atom stereocenters. The van der Waals surface area contributed by atoms with Gasteiger partial charge in [-0.2, -0.15) is 0 Å². The molecule has 1 aliphatic rings. The van der Waals surface area contributed by atoms with Crippen LogP contribution in [-0.4, -0.2) is 33.2 Å². The van der Waals surface area contributed by atoms with Gasteiger partial charge in [-0.25, -0.2) is 0 Å². The fourth-order valence-electron chi connectivity index (χ4n) is 4.01. The number of nitrogens with zero attached hydrogens (tertiary/aromatic N) is 1.